The quantitative estimate of drug-likeness (QED) is 0.0632. The first kappa shape index (κ1) is 55.6. The maximum absolute atomic E-state index is 14.4. The van der Waals surface area contributed by atoms with E-state index in [9.17, 15) is 34.2 Å². The van der Waals surface area contributed by atoms with Gasteiger partial charge in [0.15, 0.2) is 5.78 Å². The van der Waals surface area contributed by atoms with Gasteiger partial charge in [-0.2, -0.15) is 0 Å². The monoisotopic (exact) mass is 939 g/mol. The van der Waals surface area contributed by atoms with Crippen molar-refractivity contribution in [3.05, 3.63) is 58.0 Å². The smallest absolute Gasteiger partial charge is 0.329 e. The molecule has 3 fully saturated rings. The lowest BCUT2D eigenvalue weighted by Crippen LogP contribution is -2.61. The number of esters is 1. The summed E-state index contributed by atoms with van der Waals surface area (Å²) < 4.78 is 29.5. The van der Waals surface area contributed by atoms with E-state index >= 15 is 0 Å². The number of rotatable bonds is 7. The van der Waals surface area contributed by atoms with Crippen molar-refractivity contribution in [2.45, 2.75) is 180 Å². The van der Waals surface area contributed by atoms with Crippen LogP contribution in [0.3, 0.4) is 0 Å². The molecule has 1 saturated carbocycles. The molecule has 0 spiro atoms. The number of hydrogen-bond acceptors (Lipinski definition) is 13. The number of ketones is 3. The van der Waals surface area contributed by atoms with Gasteiger partial charge >= 0.3 is 5.97 Å². The van der Waals surface area contributed by atoms with Crippen LogP contribution in [0.2, 0.25) is 0 Å². The number of allylic oxidation sites excluding steroid dienone is 6. The molecule has 1 amide bonds. The van der Waals surface area contributed by atoms with Crippen molar-refractivity contribution >= 4 is 29.2 Å². The van der Waals surface area contributed by atoms with Gasteiger partial charge in [0.05, 0.1) is 24.4 Å². The van der Waals surface area contributed by atoms with Gasteiger partial charge in [0, 0.05) is 63.4 Å². The Labute approximate surface area is 397 Å². The van der Waals surface area contributed by atoms with E-state index in [1.54, 1.807) is 41.1 Å². The highest BCUT2D eigenvalue weighted by atomic mass is 16.6. The van der Waals surface area contributed by atoms with E-state index in [-0.39, 0.29) is 60.9 Å². The van der Waals surface area contributed by atoms with E-state index in [0.717, 1.165) is 12.0 Å². The Balaban J connectivity index is 1.71. The summed E-state index contributed by atoms with van der Waals surface area (Å²) in [6.45, 7) is 12.7. The lowest BCUT2D eigenvalue weighted by atomic mass is 9.78. The molecule has 3 aliphatic heterocycles. The summed E-state index contributed by atoms with van der Waals surface area (Å²) in [5, 5.41) is 27.3. The summed E-state index contributed by atoms with van der Waals surface area (Å²) in [7, 11) is 4.52. The molecule has 0 aromatic rings. The average Bonchev–Trinajstić information content (AvgIpc) is 3.30. The summed E-state index contributed by atoms with van der Waals surface area (Å²) in [6.07, 6.45) is 11.7. The molecule has 2 bridgehead atoms. The number of methoxy groups -OCH3 is 3. The minimum Gasteiger partial charge on any atom is -0.460 e. The van der Waals surface area contributed by atoms with E-state index in [0.29, 0.717) is 63.4 Å². The highest BCUT2D eigenvalue weighted by Crippen LogP contribution is 2.38. The van der Waals surface area contributed by atoms with Crippen LogP contribution in [0.15, 0.2) is 52.7 Å². The third-order valence-corrected chi connectivity index (χ3v) is 14.7. The van der Waals surface area contributed by atoms with Gasteiger partial charge < -0.3 is 38.8 Å². The maximum atomic E-state index is 14.4. The van der Waals surface area contributed by atoms with Crippen molar-refractivity contribution < 1.29 is 57.9 Å². The Morgan fingerprint density at radius 1 is 0.910 bits per heavy atom. The predicted molar refractivity (Wildman–Crippen MR) is 252 cm³/mol. The van der Waals surface area contributed by atoms with Crippen LogP contribution in [0.1, 0.15) is 126 Å². The number of ether oxygens (including phenoxy) is 5. The van der Waals surface area contributed by atoms with Gasteiger partial charge in [0.25, 0.3) is 11.7 Å². The molecule has 0 aromatic heterocycles. The number of nitrogens with zero attached hydrogens (tertiary/aromatic N) is 4. The second-order valence-electron chi connectivity index (χ2n) is 19.8. The molecule has 15 atom stereocenters. The average molecular weight is 939 g/mol. The molecule has 4 rings (SSSR count). The Morgan fingerprint density at radius 3 is 2.31 bits per heavy atom. The van der Waals surface area contributed by atoms with Crippen LogP contribution >= 0.6 is 0 Å². The Morgan fingerprint density at radius 2 is 1.64 bits per heavy atom. The number of hydrogen-bond donors (Lipinski definition) is 2. The molecule has 4 aliphatic rings. The maximum Gasteiger partial charge on any atom is 0.329 e. The third kappa shape index (κ3) is 14.7. The Kier molecular flexibility index (Phi) is 21.6. The van der Waals surface area contributed by atoms with Crippen LogP contribution in [-0.4, -0.2) is 127 Å². The second kappa shape index (κ2) is 26.1. The van der Waals surface area contributed by atoms with Crippen LogP contribution in [0.5, 0.6) is 0 Å². The summed E-state index contributed by atoms with van der Waals surface area (Å²) in [5.41, 5.74) is 10.4. The standard InChI is InChI=1S/C51H78N4O12/c1-30-16-12-11-13-17-31(2)42(63-8)28-38-21-19-36(7)51(62,67-38)48(59)49(60)55-23-15-14-18-40(55)50(61)66-43(33(4)26-37-20-22-39(53-54-52)44(27-37)64-9)29-41(56)32(3)25-35(6)46(58)47(65-10)45(57)34(5)24-30/h11-13,16-17,25,30,32-34,36-40,42-44,46-47,58,62H,14-15,18-24,26-29H2,1-10H3/b13-11+,16-12+,31-17+,35-25+/t30-,32-,33-,34-,36-,37+,38+,39-,40+,42+,43+,44-,46-,47+,51-/m1/s1. The topological polar surface area (TPSA) is 224 Å². The van der Waals surface area contributed by atoms with Crippen LogP contribution in [0.4, 0.5) is 0 Å². The van der Waals surface area contributed by atoms with Gasteiger partial charge in [-0.05, 0) is 112 Å². The first-order valence-corrected chi connectivity index (χ1v) is 24.3. The van der Waals surface area contributed by atoms with Crippen LogP contribution in [-0.2, 0) is 47.7 Å². The van der Waals surface area contributed by atoms with Crippen LogP contribution in [0, 0.1) is 35.5 Å². The fourth-order valence-electron chi connectivity index (χ4n) is 10.3. The SMILES string of the molecule is CO[C@H]1C[C@@H]2CC[C@@H](C)[C@@](O)(O2)C(=O)C(=O)N2CCCC[C@H]2C(=O)O[C@H]([C@H](C)C[C@@H]2CC[C@@H](N=[N+]=[N-])[C@H](OC)C2)CC(=O)[C@H](C)/C=C(\C)[C@@H](O)[C@@H](OC)C(=O)[C@H](C)C[C@H](C)/C=C/C=C/C=C/1C. The van der Waals surface area contributed by atoms with Crippen LogP contribution in [0.25, 0.3) is 10.4 Å². The number of aliphatic hydroxyl groups excluding tert-OH is 1. The van der Waals surface area contributed by atoms with Crippen molar-refractivity contribution in [3.63, 3.8) is 0 Å². The lowest BCUT2D eigenvalue weighted by molar-refractivity contribution is -0.265. The van der Waals surface area contributed by atoms with E-state index in [1.807, 2.05) is 58.1 Å². The first-order valence-electron chi connectivity index (χ1n) is 24.3. The van der Waals surface area contributed by atoms with Crippen molar-refractivity contribution in [1.29, 1.82) is 0 Å². The molecule has 16 nitrogen and oxygen atoms in total. The molecule has 2 N–H and O–H groups in total. The summed E-state index contributed by atoms with van der Waals surface area (Å²) >= 11 is 0. The fraction of sp³-hybridized carbons (Fsp3) is 0.745. The molecule has 2 saturated heterocycles. The first-order chi connectivity index (χ1) is 31.8. The number of piperidine rings is 1. The molecule has 0 unspecified atom stereocenters. The van der Waals surface area contributed by atoms with Crippen molar-refractivity contribution in [3.8, 4) is 0 Å². The summed E-state index contributed by atoms with van der Waals surface area (Å²) in [4.78, 5) is 75.0. The van der Waals surface area contributed by atoms with Crippen molar-refractivity contribution in [2.75, 3.05) is 27.9 Å². The van der Waals surface area contributed by atoms with E-state index in [2.05, 4.69) is 10.0 Å². The summed E-state index contributed by atoms with van der Waals surface area (Å²) in [6, 6.07) is -1.47. The predicted octanol–water partition coefficient (Wildman–Crippen LogP) is 7.50. The van der Waals surface area contributed by atoms with Gasteiger partial charge in [-0.15, -0.1) is 0 Å². The number of cyclic esters (lactones) is 1. The number of amides is 1. The number of azide groups is 1. The normalized spacial score (nSPS) is 39.4. The van der Waals surface area contributed by atoms with Gasteiger partial charge in [0.1, 0.15) is 30.1 Å². The minimum atomic E-state index is -2.44. The zero-order valence-corrected chi connectivity index (χ0v) is 41.5. The molecular formula is C51H78N4O12. The van der Waals surface area contributed by atoms with E-state index in [4.69, 9.17) is 29.2 Å². The molecule has 0 aromatic carbocycles. The number of fused-ring (bicyclic) bond motifs is 3. The van der Waals surface area contributed by atoms with Crippen LogP contribution < -0.4 is 0 Å². The zero-order chi connectivity index (χ0) is 49.6. The number of carbonyl (C=O) groups excluding carboxylic acids is 5. The molecule has 1 aliphatic carbocycles. The van der Waals surface area contributed by atoms with Gasteiger partial charge in [-0.1, -0.05) is 76.2 Å². The zero-order valence-electron chi connectivity index (χ0n) is 41.5. The highest BCUT2D eigenvalue weighted by Gasteiger charge is 2.53. The molecule has 3 heterocycles. The van der Waals surface area contributed by atoms with Gasteiger partial charge in [-0.3, -0.25) is 19.2 Å². The minimum absolute atomic E-state index is 0.0129. The lowest BCUT2D eigenvalue weighted by Gasteiger charge is -2.42. The van der Waals surface area contributed by atoms with E-state index in [1.165, 1.54) is 12.0 Å². The number of aliphatic hydroxyl groups is 2. The molecule has 67 heavy (non-hydrogen) atoms. The Hall–Kier alpha value is -4.02. The Bertz CT molecular complexity index is 1890. The van der Waals surface area contributed by atoms with Gasteiger partial charge in [-0.25, -0.2) is 4.79 Å². The second-order valence-corrected chi connectivity index (χ2v) is 19.8. The summed E-state index contributed by atoms with van der Waals surface area (Å²) in [5.74, 6) is -8.09. The van der Waals surface area contributed by atoms with Gasteiger partial charge in [0.2, 0.25) is 5.79 Å². The third-order valence-electron chi connectivity index (χ3n) is 14.7. The molecule has 374 valence electrons. The fourth-order valence-corrected chi connectivity index (χ4v) is 10.3. The van der Waals surface area contributed by atoms with E-state index < -0.39 is 77.8 Å². The van der Waals surface area contributed by atoms with Crippen molar-refractivity contribution in [2.24, 2.45) is 40.6 Å². The molecule has 0 radical (unpaired) electrons. The number of carbonyl (C=O) groups is 5. The largest absolute Gasteiger partial charge is 0.460 e. The highest BCUT2D eigenvalue weighted by molar-refractivity contribution is 6.39. The molecular weight excluding hydrogens is 861 g/mol. The van der Waals surface area contributed by atoms with Crippen molar-refractivity contribution in [1.82, 2.24) is 4.90 Å². The molecule has 16 heteroatoms. The number of Topliss-reactive ketones (excluding diaryl/α,β-unsaturated/α-hetero) is 3.